The van der Waals surface area contributed by atoms with Crippen molar-refractivity contribution in [2.45, 2.75) is 71.2 Å². The number of hydrogen-bond acceptors (Lipinski definition) is 3. The molecule has 1 heterocycles. The molecule has 0 radical (unpaired) electrons. The molecule has 24 heavy (non-hydrogen) atoms. The summed E-state index contributed by atoms with van der Waals surface area (Å²) in [6, 6.07) is 9.01. The van der Waals surface area contributed by atoms with Crippen LogP contribution in [0.3, 0.4) is 0 Å². The maximum Gasteiger partial charge on any atom is 0.0817 e. The van der Waals surface area contributed by atoms with E-state index >= 15 is 0 Å². The maximum absolute atomic E-state index is 5.93. The van der Waals surface area contributed by atoms with Crippen LogP contribution in [-0.4, -0.2) is 49.5 Å². The molecule has 0 saturated carbocycles. The second-order valence-corrected chi connectivity index (χ2v) is 8.73. The Morgan fingerprint density at radius 1 is 1.04 bits per heavy atom. The van der Waals surface area contributed by atoms with Crippen LogP contribution in [0.5, 0.6) is 0 Å². The number of benzene rings is 1. The summed E-state index contributed by atoms with van der Waals surface area (Å²) < 4.78 is 11.8. The summed E-state index contributed by atoms with van der Waals surface area (Å²) in [6.07, 6.45) is 1.51. The van der Waals surface area contributed by atoms with Crippen LogP contribution in [0.25, 0.3) is 0 Å². The minimum atomic E-state index is -0.181. The molecule has 3 heteroatoms. The first-order chi connectivity index (χ1) is 11.1. The number of morpholine rings is 1. The maximum atomic E-state index is 5.93. The van der Waals surface area contributed by atoms with Crippen molar-refractivity contribution in [2.75, 3.05) is 26.7 Å². The average Bonchev–Trinajstić information content (AvgIpc) is 2.45. The first-order valence-electron chi connectivity index (χ1n) is 9.14. The van der Waals surface area contributed by atoms with Crippen LogP contribution in [-0.2, 0) is 21.3 Å². The molecule has 0 N–H and O–H groups in total. The van der Waals surface area contributed by atoms with Crippen LogP contribution in [0.1, 0.15) is 52.7 Å². The quantitative estimate of drug-likeness (QED) is 0.812. The molecule has 1 aromatic rings. The normalized spacial score (nSPS) is 25.5. The summed E-state index contributed by atoms with van der Waals surface area (Å²) in [4.78, 5) is 2.48. The van der Waals surface area contributed by atoms with Gasteiger partial charge in [-0.2, -0.15) is 0 Å². The minimum absolute atomic E-state index is 0.181. The molecular weight excluding hydrogens is 298 g/mol. The zero-order chi connectivity index (χ0) is 18.0. The summed E-state index contributed by atoms with van der Waals surface area (Å²) in [5, 5.41) is 0. The molecule has 136 valence electrons. The van der Waals surface area contributed by atoms with Crippen molar-refractivity contribution in [1.29, 1.82) is 0 Å². The predicted octanol–water partition coefficient (Wildman–Crippen LogP) is 4.04. The Morgan fingerprint density at radius 2 is 1.58 bits per heavy atom. The van der Waals surface area contributed by atoms with Gasteiger partial charge in [0.2, 0.25) is 0 Å². The van der Waals surface area contributed by atoms with Crippen molar-refractivity contribution >= 4 is 0 Å². The Hall–Kier alpha value is -0.900. The van der Waals surface area contributed by atoms with Crippen LogP contribution in [0.2, 0.25) is 0 Å². The molecule has 1 aliphatic rings. The molecule has 1 fully saturated rings. The first kappa shape index (κ1) is 19.4. The lowest BCUT2D eigenvalue weighted by Crippen LogP contribution is -2.52. The van der Waals surface area contributed by atoms with Gasteiger partial charge in [0.05, 0.1) is 17.8 Å². The van der Waals surface area contributed by atoms with Crippen LogP contribution in [0.4, 0.5) is 0 Å². The van der Waals surface area contributed by atoms with Gasteiger partial charge in [0.1, 0.15) is 0 Å². The molecule has 0 aliphatic carbocycles. The Labute approximate surface area is 148 Å². The largest absolute Gasteiger partial charge is 0.377 e. The highest BCUT2D eigenvalue weighted by Crippen LogP contribution is 2.25. The average molecular weight is 334 g/mol. The molecule has 3 nitrogen and oxygen atoms in total. The SMILES string of the molecule is COC(C)(Cc1ccc(C(C)(C)C)cc1)CN1CC(C)OC(C)C1. The van der Waals surface area contributed by atoms with Gasteiger partial charge in [0.25, 0.3) is 0 Å². The molecule has 1 saturated heterocycles. The molecule has 1 aromatic carbocycles. The zero-order valence-electron chi connectivity index (χ0n) is 16.6. The van der Waals surface area contributed by atoms with Crippen LogP contribution >= 0.6 is 0 Å². The molecule has 3 atom stereocenters. The predicted molar refractivity (Wildman–Crippen MR) is 101 cm³/mol. The van der Waals surface area contributed by atoms with E-state index in [1.807, 2.05) is 7.11 Å². The van der Waals surface area contributed by atoms with Gasteiger partial charge in [0.15, 0.2) is 0 Å². The van der Waals surface area contributed by atoms with E-state index in [9.17, 15) is 0 Å². The van der Waals surface area contributed by atoms with Gasteiger partial charge >= 0.3 is 0 Å². The van der Waals surface area contributed by atoms with Gasteiger partial charge in [0, 0.05) is 33.2 Å². The van der Waals surface area contributed by atoms with Crippen LogP contribution < -0.4 is 0 Å². The summed E-state index contributed by atoms with van der Waals surface area (Å²) in [5.74, 6) is 0. The highest BCUT2D eigenvalue weighted by molar-refractivity contribution is 5.28. The summed E-state index contributed by atoms with van der Waals surface area (Å²) in [7, 11) is 1.83. The van der Waals surface area contributed by atoms with E-state index in [1.54, 1.807) is 0 Å². The Bertz CT molecular complexity index is 510. The van der Waals surface area contributed by atoms with Gasteiger partial charge in [-0.15, -0.1) is 0 Å². The summed E-state index contributed by atoms with van der Waals surface area (Å²) in [6.45, 7) is 16.2. The standard InChI is InChI=1S/C21H35NO2/c1-16-13-22(14-17(2)24-16)15-21(6,23-7)12-18-8-10-19(11-9-18)20(3,4)5/h8-11,16-17H,12-15H2,1-7H3. The van der Waals surface area contributed by atoms with Gasteiger partial charge in [-0.3, -0.25) is 4.90 Å². The summed E-state index contributed by atoms with van der Waals surface area (Å²) in [5.41, 5.74) is 2.73. The van der Waals surface area contributed by atoms with Gasteiger partial charge in [-0.05, 0) is 37.3 Å². The van der Waals surface area contributed by atoms with Crippen LogP contribution in [0, 0.1) is 0 Å². The highest BCUT2D eigenvalue weighted by atomic mass is 16.5. The van der Waals surface area contributed by atoms with Crippen molar-refractivity contribution in [1.82, 2.24) is 4.90 Å². The van der Waals surface area contributed by atoms with Crippen molar-refractivity contribution in [3.05, 3.63) is 35.4 Å². The van der Waals surface area contributed by atoms with E-state index in [2.05, 4.69) is 70.7 Å². The fourth-order valence-corrected chi connectivity index (χ4v) is 3.63. The van der Waals surface area contributed by atoms with Crippen LogP contribution in [0.15, 0.2) is 24.3 Å². The molecule has 0 bridgehead atoms. The van der Waals surface area contributed by atoms with E-state index in [-0.39, 0.29) is 11.0 Å². The van der Waals surface area contributed by atoms with E-state index in [0.29, 0.717) is 12.2 Å². The molecule has 1 aliphatic heterocycles. The third kappa shape index (κ3) is 5.30. The lowest BCUT2D eigenvalue weighted by Gasteiger charge is -2.40. The van der Waals surface area contributed by atoms with E-state index < -0.39 is 0 Å². The monoisotopic (exact) mass is 333 g/mol. The second-order valence-electron chi connectivity index (χ2n) is 8.73. The fraction of sp³-hybridized carbons (Fsp3) is 0.714. The minimum Gasteiger partial charge on any atom is -0.377 e. The van der Waals surface area contributed by atoms with E-state index in [4.69, 9.17) is 9.47 Å². The number of nitrogens with zero attached hydrogens (tertiary/aromatic N) is 1. The Morgan fingerprint density at radius 3 is 2.04 bits per heavy atom. The van der Waals surface area contributed by atoms with Gasteiger partial charge in [-0.1, -0.05) is 45.0 Å². The van der Waals surface area contributed by atoms with Gasteiger partial charge < -0.3 is 9.47 Å². The molecule has 0 aromatic heterocycles. The molecule has 0 spiro atoms. The van der Waals surface area contributed by atoms with Crippen molar-refractivity contribution in [3.8, 4) is 0 Å². The Balaban J connectivity index is 2.04. The van der Waals surface area contributed by atoms with Crippen molar-refractivity contribution < 1.29 is 9.47 Å². The van der Waals surface area contributed by atoms with E-state index in [1.165, 1.54) is 11.1 Å². The highest BCUT2D eigenvalue weighted by Gasteiger charge is 2.31. The summed E-state index contributed by atoms with van der Waals surface area (Å²) >= 11 is 0. The molecular formula is C21H35NO2. The fourth-order valence-electron chi connectivity index (χ4n) is 3.63. The van der Waals surface area contributed by atoms with Crippen molar-refractivity contribution in [2.24, 2.45) is 0 Å². The molecule has 0 amide bonds. The number of ether oxygens (including phenoxy) is 2. The molecule has 3 unspecified atom stereocenters. The van der Waals surface area contributed by atoms with Crippen molar-refractivity contribution in [3.63, 3.8) is 0 Å². The first-order valence-corrected chi connectivity index (χ1v) is 9.14. The topological polar surface area (TPSA) is 21.7 Å². The number of rotatable bonds is 5. The lowest BCUT2D eigenvalue weighted by molar-refractivity contribution is -0.0962. The smallest absolute Gasteiger partial charge is 0.0817 e. The Kier molecular flexibility index (Phi) is 6.11. The third-order valence-corrected chi connectivity index (χ3v) is 4.94. The third-order valence-electron chi connectivity index (χ3n) is 4.94. The van der Waals surface area contributed by atoms with E-state index in [0.717, 1.165) is 26.1 Å². The number of methoxy groups -OCH3 is 1. The second kappa shape index (κ2) is 7.55. The number of hydrogen-bond donors (Lipinski definition) is 0. The molecule has 2 rings (SSSR count). The van der Waals surface area contributed by atoms with Gasteiger partial charge in [-0.25, -0.2) is 0 Å². The lowest BCUT2D eigenvalue weighted by atomic mass is 9.85. The zero-order valence-corrected chi connectivity index (χ0v) is 16.6.